The van der Waals surface area contributed by atoms with Crippen molar-refractivity contribution in [3.8, 4) is 0 Å². The summed E-state index contributed by atoms with van der Waals surface area (Å²) in [7, 11) is 1.94. The number of hydrogen-bond donors (Lipinski definition) is 1. The lowest BCUT2D eigenvalue weighted by atomic mass is 10.1. The second-order valence-corrected chi connectivity index (χ2v) is 7.74. The molecule has 0 saturated heterocycles. The third-order valence-corrected chi connectivity index (χ3v) is 5.86. The molecule has 0 unspecified atom stereocenters. The predicted octanol–water partition coefficient (Wildman–Crippen LogP) is 3.63. The summed E-state index contributed by atoms with van der Waals surface area (Å²) >= 11 is 1.41. The van der Waals surface area contributed by atoms with E-state index in [1.165, 1.54) is 34.9 Å². The molecule has 0 saturated carbocycles. The molecule has 0 radical (unpaired) electrons. The van der Waals surface area contributed by atoms with E-state index in [-0.39, 0.29) is 5.91 Å². The minimum absolute atomic E-state index is 0.0226. The highest BCUT2D eigenvalue weighted by Crippen LogP contribution is 2.25. The number of amides is 1. The molecular formula is C21H22N4OS. The van der Waals surface area contributed by atoms with Gasteiger partial charge in [-0.05, 0) is 48.1 Å². The monoisotopic (exact) mass is 378 g/mol. The van der Waals surface area contributed by atoms with E-state index in [4.69, 9.17) is 0 Å². The van der Waals surface area contributed by atoms with E-state index in [9.17, 15) is 4.79 Å². The van der Waals surface area contributed by atoms with Crippen LogP contribution in [0.3, 0.4) is 0 Å². The number of aryl methyl sites for hydroxylation is 2. The van der Waals surface area contributed by atoms with Crippen LogP contribution in [0.1, 0.15) is 28.9 Å². The normalized spacial score (nSPS) is 12.8. The number of anilines is 1. The molecule has 1 heterocycles. The molecule has 3 aromatic rings. The van der Waals surface area contributed by atoms with Crippen molar-refractivity contribution in [2.24, 2.45) is 7.05 Å². The summed E-state index contributed by atoms with van der Waals surface area (Å²) in [5.74, 6) is 1.18. The molecule has 1 aliphatic carbocycles. The van der Waals surface area contributed by atoms with Crippen molar-refractivity contribution in [1.82, 2.24) is 14.8 Å². The Kier molecular flexibility index (Phi) is 5.25. The minimum Gasteiger partial charge on any atom is -0.325 e. The van der Waals surface area contributed by atoms with Gasteiger partial charge in [-0.2, -0.15) is 0 Å². The van der Waals surface area contributed by atoms with Crippen LogP contribution in [0.2, 0.25) is 0 Å². The Bertz CT molecular complexity index is 952. The number of hydrogen-bond acceptors (Lipinski definition) is 4. The lowest BCUT2D eigenvalue weighted by Gasteiger charge is -2.07. The topological polar surface area (TPSA) is 59.8 Å². The number of carbonyl (C=O) groups excluding carboxylic acids is 1. The molecule has 2 aromatic carbocycles. The molecule has 0 spiro atoms. The molecular weight excluding hydrogens is 356 g/mol. The Morgan fingerprint density at radius 2 is 1.93 bits per heavy atom. The fourth-order valence-corrected chi connectivity index (χ4v) is 4.11. The van der Waals surface area contributed by atoms with Crippen molar-refractivity contribution in [3.05, 3.63) is 71.0 Å². The first-order valence-electron chi connectivity index (χ1n) is 9.16. The Hall–Kier alpha value is -2.60. The zero-order valence-electron chi connectivity index (χ0n) is 15.3. The van der Waals surface area contributed by atoms with Gasteiger partial charge in [-0.15, -0.1) is 10.2 Å². The third kappa shape index (κ3) is 4.22. The number of fused-ring (bicyclic) bond motifs is 1. The fourth-order valence-electron chi connectivity index (χ4n) is 3.38. The van der Waals surface area contributed by atoms with Crippen LogP contribution in [-0.4, -0.2) is 26.4 Å². The number of rotatable bonds is 6. The Balaban J connectivity index is 1.34. The van der Waals surface area contributed by atoms with Crippen molar-refractivity contribution < 1.29 is 4.79 Å². The second kappa shape index (κ2) is 7.96. The number of aromatic nitrogens is 3. The molecule has 0 bridgehead atoms. The molecule has 1 amide bonds. The molecule has 1 aromatic heterocycles. The summed E-state index contributed by atoms with van der Waals surface area (Å²) in [4.78, 5) is 12.3. The van der Waals surface area contributed by atoms with Gasteiger partial charge in [-0.25, -0.2) is 0 Å². The van der Waals surface area contributed by atoms with E-state index in [2.05, 4.69) is 39.8 Å². The average Bonchev–Trinajstić information content (AvgIpc) is 3.28. The first-order valence-corrected chi connectivity index (χ1v) is 10.1. The second-order valence-electron chi connectivity index (χ2n) is 6.79. The van der Waals surface area contributed by atoms with Gasteiger partial charge in [0.1, 0.15) is 5.82 Å². The van der Waals surface area contributed by atoms with Crippen LogP contribution in [0, 0.1) is 0 Å². The van der Waals surface area contributed by atoms with Gasteiger partial charge in [0, 0.05) is 19.2 Å². The fraction of sp³-hybridized carbons (Fsp3) is 0.286. The third-order valence-electron chi connectivity index (χ3n) is 4.84. The standard InChI is InChI=1S/C21H22N4OS/c1-25-19(12-15-6-3-2-4-7-15)23-24-21(25)27-14-20(26)22-18-11-10-16-8-5-9-17(16)13-18/h2-4,6-7,10-11,13H,5,8-9,12,14H2,1H3,(H,22,26). The van der Waals surface area contributed by atoms with Crippen LogP contribution in [0.25, 0.3) is 0 Å². The predicted molar refractivity (Wildman–Crippen MR) is 108 cm³/mol. The van der Waals surface area contributed by atoms with E-state index in [1.807, 2.05) is 35.9 Å². The summed E-state index contributed by atoms with van der Waals surface area (Å²) in [6.45, 7) is 0. The Morgan fingerprint density at radius 3 is 2.78 bits per heavy atom. The number of nitrogens with zero attached hydrogens (tertiary/aromatic N) is 3. The van der Waals surface area contributed by atoms with E-state index in [0.29, 0.717) is 5.75 Å². The molecule has 5 nitrogen and oxygen atoms in total. The SMILES string of the molecule is Cn1c(Cc2ccccc2)nnc1SCC(=O)Nc1ccc2c(c1)CCC2. The molecule has 0 atom stereocenters. The van der Waals surface area contributed by atoms with Crippen molar-refractivity contribution >= 4 is 23.4 Å². The van der Waals surface area contributed by atoms with E-state index < -0.39 is 0 Å². The Morgan fingerprint density at radius 1 is 1.11 bits per heavy atom. The van der Waals surface area contributed by atoms with Gasteiger partial charge < -0.3 is 9.88 Å². The van der Waals surface area contributed by atoms with Crippen molar-refractivity contribution in [2.45, 2.75) is 30.8 Å². The number of nitrogens with one attached hydrogen (secondary N) is 1. The van der Waals surface area contributed by atoms with Gasteiger partial charge in [-0.3, -0.25) is 4.79 Å². The van der Waals surface area contributed by atoms with Gasteiger partial charge in [0.15, 0.2) is 5.16 Å². The molecule has 27 heavy (non-hydrogen) atoms. The van der Waals surface area contributed by atoms with Crippen LogP contribution in [-0.2, 0) is 31.1 Å². The molecule has 0 aliphatic heterocycles. The minimum atomic E-state index is -0.0226. The van der Waals surface area contributed by atoms with Gasteiger partial charge >= 0.3 is 0 Å². The summed E-state index contributed by atoms with van der Waals surface area (Å²) in [5, 5.41) is 12.3. The quantitative estimate of drug-likeness (QED) is 0.666. The highest BCUT2D eigenvalue weighted by Gasteiger charge is 2.14. The molecule has 0 fully saturated rings. The number of thioether (sulfide) groups is 1. The summed E-state index contributed by atoms with van der Waals surface area (Å²) in [5.41, 5.74) is 4.84. The van der Waals surface area contributed by atoms with E-state index in [0.717, 1.165) is 35.9 Å². The van der Waals surface area contributed by atoms with Crippen LogP contribution >= 0.6 is 11.8 Å². The summed E-state index contributed by atoms with van der Waals surface area (Å²) in [6, 6.07) is 16.4. The maximum Gasteiger partial charge on any atom is 0.234 e. The highest BCUT2D eigenvalue weighted by molar-refractivity contribution is 7.99. The summed E-state index contributed by atoms with van der Waals surface area (Å²) in [6.07, 6.45) is 4.19. The van der Waals surface area contributed by atoms with Gasteiger partial charge in [0.25, 0.3) is 0 Å². The zero-order chi connectivity index (χ0) is 18.6. The molecule has 1 aliphatic rings. The molecule has 138 valence electrons. The van der Waals surface area contributed by atoms with E-state index >= 15 is 0 Å². The van der Waals surface area contributed by atoms with Gasteiger partial charge in [0.2, 0.25) is 5.91 Å². The first-order chi connectivity index (χ1) is 13.2. The summed E-state index contributed by atoms with van der Waals surface area (Å²) < 4.78 is 1.96. The smallest absolute Gasteiger partial charge is 0.234 e. The lowest BCUT2D eigenvalue weighted by Crippen LogP contribution is -2.14. The molecule has 4 rings (SSSR count). The average molecular weight is 379 g/mol. The largest absolute Gasteiger partial charge is 0.325 e. The molecule has 6 heteroatoms. The lowest BCUT2D eigenvalue weighted by molar-refractivity contribution is -0.113. The zero-order valence-corrected chi connectivity index (χ0v) is 16.1. The molecule has 1 N–H and O–H groups in total. The maximum absolute atomic E-state index is 12.3. The van der Waals surface area contributed by atoms with Crippen LogP contribution in [0.5, 0.6) is 0 Å². The van der Waals surface area contributed by atoms with Crippen LogP contribution in [0.4, 0.5) is 5.69 Å². The van der Waals surface area contributed by atoms with Crippen LogP contribution < -0.4 is 5.32 Å². The highest BCUT2D eigenvalue weighted by atomic mass is 32.2. The number of carbonyl (C=O) groups is 1. The van der Waals surface area contributed by atoms with Crippen molar-refractivity contribution in [3.63, 3.8) is 0 Å². The van der Waals surface area contributed by atoms with Crippen LogP contribution in [0.15, 0.2) is 53.7 Å². The Labute approximate surface area is 163 Å². The van der Waals surface area contributed by atoms with E-state index in [1.54, 1.807) is 0 Å². The number of benzene rings is 2. The first kappa shape index (κ1) is 17.8. The maximum atomic E-state index is 12.3. The van der Waals surface area contributed by atoms with Crippen molar-refractivity contribution in [2.75, 3.05) is 11.1 Å². The van der Waals surface area contributed by atoms with Crippen molar-refractivity contribution in [1.29, 1.82) is 0 Å². The van der Waals surface area contributed by atoms with Gasteiger partial charge in [0.05, 0.1) is 5.75 Å². The van der Waals surface area contributed by atoms with Gasteiger partial charge in [-0.1, -0.05) is 48.2 Å².